The van der Waals surface area contributed by atoms with Gasteiger partial charge >= 0.3 is 0 Å². The second-order valence-corrected chi connectivity index (χ2v) is 4.45. The van der Waals surface area contributed by atoms with E-state index in [9.17, 15) is 4.39 Å². The van der Waals surface area contributed by atoms with E-state index in [1.165, 1.54) is 18.3 Å². The lowest BCUT2D eigenvalue weighted by atomic mass is 10.2. The highest BCUT2D eigenvalue weighted by Crippen LogP contribution is 2.19. The summed E-state index contributed by atoms with van der Waals surface area (Å²) in [6.07, 6.45) is 3.20. The van der Waals surface area contributed by atoms with Gasteiger partial charge in [-0.25, -0.2) is 9.37 Å². The third kappa shape index (κ3) is 2.51. The molecule has 3 N–H and O–H groups in total. The number of nitrogens with two attached hydrogens (primary N) is 1. The van der Waals surface area contributed by atoms with Crippen LogP contribution in [-0.4, -0.2) is 20.6 Å². The van der Waals surface area contributed by atoms with Crippen molar-refractivity contribution in [3.8, 4) is 0 Å². The van der Waals surface area contributed by atoms with E-state index in [-0.39, 0.29) is 11.7 Å². The minimum absolute atomic E-state index is 0.0903. The normalized spacial score (nSPS) is 11.8. The van der Waals surface area contributed by atoms with Crippen molar-refractivity contribution in [1.82, 2.24) is 9.55 Å². The molecule has 0 spiro atoms. The molecule has 0 bridgehead atoms. The van der Waals surface area contributed by atoms with E-state index < -0.39 is 0 Å². The molecule has 0 fully saturated rings. The number of oxime groups is 1. The molecule has 0 atom stereocenters. The van der Waals surface area contributed by atoms with Crippen LogP contribution in [0.3, 0.4) is 0 Å². The smallest absolute Gasteiger partial charge is 0.206 e. The van der Waals surface area contributed by atoms with Gasteiger partial charge in [0.15, 0.2) is 5.82 Å². The molecule has 0 unspecified atom stereocenters. The van der Waals surface area contributed by atoms with Crippen LogP contribution in [0.5, 0.6) is 0 Å². The fourth-order valence-electron chi connectivity index (χ4n) is 1.56. The van der Waals surface area contributed by atoms with Crippen LogP contribution in [0, 0.1) is 5.82 Å². The summed E-state index contributed by atoms with van der Waals surface area (Å²) in [6.45, 7) is 0.365. The van der Waals surface area contributed by atoms with E-state index in [1.807, 2.05) is 0 Å². The maximum atomic E-state index is 13.2. The first-order chi connectivity index (χ1) is 8.61. The summed E-state index contributed by atoms with van der Waals surface area (Å²) in [5.41, 5.74) is 6.23. The van der Waals surface area contributed by atoms with Crippen molar-refractivity contribution in [2.45, 2.75) is 6.54 Å². The lowest BCUT2D eigenvalue weighted by molar-refractivity contribution is 0.318. The van der Waals surface area contributed by atoms with Gasteiger partial charge in [0, 0.05) is 16.9 Å². The maximum Gasteiger partial charge on any atom is 0.206 e. The summed E-state index contributed by atoms with van der Waals surface area (Å²) in [6, 6.07) is 4.41. The Hall–Kier alpha value is -1.89. The molecule has 7 heteroatoms. The number of aromatic nitrogens is 2. The molecule has 0 aliphatic rings. The Morgan fingerprint density at radius 3 is 3.06 bits per heavy atom. The maximum absolute atomic E-state index is 13.2. The van der Waals surface area contributed by atoms with Crippen molar-refractivity contribution in [3.63, 3.8) is 0 Å². The number of halogens is 2. The van der Waals surface area contributed by atoms with Crippen LogP contribution in [0.2, 0.25) is 0 Å². The molecule has 1 aromatic heterocycles. The van der Waals surface area contributed by atoms with Gasteiger partial charge in [0.05, 0.1) is 6.54 Å². The molecule has 0 saturated heterocycles. The predicted molar refractivity (Wildman–Crippen MR) is 67.9 cm³/mol. The first kappa shape index (κ1) is 12.6. The van der Waals surface area contributed by atoms with Crippen LogP contribution in [0.1, 0.15) is 11.4 Å². The topological polar surface area (TPSA) is 76.4 Å². The first-order valence-corrected chi connectivity index (χ1v) is 5.84. The Morgan fingerprint density at radius 1 is 1.56 bits per heavy atom. The zero-order valence-electron chi connectivity index (χ0n) is 9.22. The lowest BCUT2D eigenvalue weighted by Gasteiger charge is -2.08. The molecular formula is C11H10BrFN4O. The van der Waals surface area contributed by atoms with Gasteiger partial charge < -0.3 is 15.5 Å². The average Bonchev–Trinajstić information content (AvgIpc) is 2.81. The number of amidine groups is 1. The summed E-state index contributed by atoms with van der Waals surface area (Å²) in [5.74, 6) is -0.0835. The molecule has 0 aliphatic carbocycles. The molecule has 0 amide bonds. The molecule has 0 radical (unpaired) electrons. The summed E-state index contributed by atoms with van der Waals surface area (Å²) >= 11 is 3.34. The zero-order valence-corrected chi connectivity index (χ0v) is 10.8. The summed E-state index contributed by atoms with van der Waals surface area (Å²) in [7, 11) is 0. The van der Waals surface area contributed by atoms with E-state index in [4.69, 9.17) is 10.9 Å². The SMILES string of the molecule is NC(=NO)c1nccn1Cc1cc(F)ccc1Br. The molecule has 18 heavy (non-hydrogen) atoms. The quantitative estimate of drug-likeness (QED) is 0.393. The molecular weight excluding hydrogens is 303 g/mol. The van der Waals surface area contributed by atoms with Gasteiger partial charge in [-0.05, 0) is 23.8 Å². The second-order valence-electron chi connectivity index (χ2n) is 3.60. The van der Waals surface area contributed by atoms with Crippen LogP contribution < -0.4 is 5.73 Å². The number of hydrogen-bond acceptors (Lipinski definition) is 3. The number of benzene rings is 1. The van der Waals surface area contributed by atoms with Crippen LogP contribution in [-0.2, 0) is 6.54 Å². The Balaban J connectivity index is 2.35. The highest BCUT2D eigenvalue weighted by Gasteiger charge is 2.10. The number of nitrogens with zero attached hydrogens (tertiary/aromatic N) is 3. The summed E-state index contributed by atoms with van der Waals surface area (Å²) < 4.78 is 15.6. The number of imidazole rings is 1. The van der Waals surface area contributed by atoms with Crippen LogP contribution in [0.4, 0.5) is 4.39 Å². The van der Waals surface area contributed by atoms with E-state index >= 15 is 0 Å². The minimum atomic E-state index is -0.321. The molecule has 2 rings (SSSR count). The van der Waals surface area contributed by atoms with Crippen molar-refractivity contribution in [1.29, 1.82) is 0 Å². The number of hydrogen-bond donors (Lipinski definition) is 2. The zero-order chi connectivity index (χ0) is 13.1. The molecule has 2 aromatic rings. The van der Waals surface area contributed by atoms with E-state index in [0.717, 1.165) is 10.0 Å². The first-order valence-electron chi connectivity index (χ1n) is 5.05. The molecule has 5 nitrogen and oxygen atoms in total. The largest absolute Gasteiger partial charge is 0.409 e. The van der Waals surface area contributed by atoms with Crippen molar-refractivity contribution in [3.05, 3.63) is 52.3 Å². The number of rotatable bonds is 3. The lowest BCUT2D eigenvalue weighted by Crippen LogP contribution is -2.20. The van der Waals surface area contributed by atoms with Gasteiger partial charge in [-0.15, -0.1) is 0 Å². The predicted octanol–water partition coefficient (Wildman–Crippen LogP) is 1.93. The van der Waals surface area contributed by atoms with Crippen LogP contribution >= 0.6 is 15.9 Å². The average molecular weight is 313 g/mol. The third-order valence-corrected chi connectivity index (χ3v) is 3.17. The Morgan fingerprint density at radius 2 is 2.33 bits per heavy atom. The summed E-state index contributed by atoms with van der Waals surface area (Å²) in [4.78, 5) is 3.97. The van der Waals surface area contributed by atoms with Crippen molar-refractivity contribution >= 4 is 21.8 Å². The highest BCUT2D eigenvalue weighted by molar-refractivity contribution is 9.10. The van der Waals surface area contributed by atoms with E-state index in [1.54, 1.807) is 16.8 Å². The van der Waals surface area contributed by atoms with Crippen molar-refractivity contribution < 1.29 is 9.60 Å². The standard InChI is InChI=1S/C11H10BrFN4O/c12-9-2-1-8(13)5-7(9)6-17-4-3-15-11(17)10(14)16-18/h1-5,18H,6H2,(H2,14,16). The van der Waals surface area contributed by atoms with Gasteiger partial charge in [-0.1, -0.05) is 21.1 Å². The minimum Gasteiger partial charge on any atom is -0.409 e. The second kappa shape index (κ2) is 5.18. The molecule has 1 heterocycles. The van der Waals surface area contributed by atoms with Gasteiger partial charge in [0.1, 0.15) is 5.82 Å². The Bertz CT molecular complexity index is 596. The van der Waals surface area contributed by atoms with Crippen LogP contribution in [0.15, 0.2) is 40.2 Å². The summed E-state index contributed by atoms with van der Waals surface area (Å²) in [5, 5.41) is 11.5. The Labute approximate surface area is 111 Å². The van der Waals surface area contributed by atoms with Gasteiger partial charge in [-0.3, -0.25) is 0 Å². The van der Waals surface area contributed by atoms with Gasteiger partial charge in [0.25, 0.3) is 0 Å². The molecule has 0 saturated carbocycles. The molecule has 1 aromatic carbocycles. The monoisotopic (exact) mass is 312 g/mol. The van der Waals surface area contributed by atoms with Crippen LogP contribution in [0.25, 0.3) is 0 Å². The molecule has 0 aliphatic heterocycles. The van der Waals surface area contributed by atoms with Gasteiger partial charge in [0.2, 0.25) is 5.84 Å². The van der Waals surface area contributed by atoms with Gasteiger partial charge in [-0.2, -0.15) is 0 Å². The van der Waals surface area contributed by atoms with Crippen molar-refractivity contribution in [2.75, 3.05) is 0 Å². The third-order valence-electron chi connectivity index (χ3n) is 2.40. The molecule has 94 valence electrons. The Kier molecular flexibility index (Phi) is 3.61. The van der Waals surface area contributed by atoms with E-state index in [2.05, 4.69) is 26.1 Å². The highest BCUT2D eigenvalue weighted by atomic mass is 79.9. The fourth-order valence-corrected chi connectivity index (χ4v) is 1.93. The van der Waals surface area contributed by atoms with Crippen molar-refractivity contribution in [2.24, 2.45) is 10.9 Å². The van der Waals surface area contributed by atoms with E-state index in [0.29, 0.717) is 12.4 Å². The fraction of sp³-hybridized carbons (Fsp3) is 0.0909.